The number of rotatable bonds is 3. The summed E-state index contributed by atoms with van der Waals surface area (Å²) in [5.41, 5.74) is 1.09. The van der Waals surface area contributed by atoms with Crippen molar-refractivity contribution in [3.05, 3.63) is 33.6 Å². The van der Waals surface area contributed by atoms with Crippen LogP contribution in [-0.4, -0.2) is 27.2 Å². The van der Waals surface area contributed by atoms with Gasteiger partial charge in [0.15, 0.2) is 5.65 Å². The highest BCUT2D eigenvalue weighted by Crippen LogP contribution is 2.35. The highest BCUT2D eigenvalue weighted by atomic mass is 79.9. The zero-order valence-electron chi connectivity index (χ0n) is 10.7. The summed E-state index contributed by atoms with van der Waals surface area (Å²) in [6.07, 6.45) is 1.60. The highest BCUT2D eigenvalue weighted by molar-refractivity contribution is 9.10. The minimum atomic E-state index is -0.426. The molecule has 3 aromatic rings. The van der Waals surface area contributed by atoms with Gasteiger partial charge in [-0.15, -0.1) is 0 Å². The topological polar surface area (TPSA) is 78.5 Å². The van der Waals surface area contributed by atoms with Crippen molar-refractivity contribution in [2.45, 2.75) is 0 Å². The molecule has 0 bridgehead atoms. The standard InChI is InChI=1S/C12H9BrClFN6/c1-16-12-19-10(6-4-17-21-11(6)20-12)18-9-7(13)2-5(15)3-8(9)14/h2-4H,1H3,(H3,16,17,18,19,20,21). The molecule has 0 aliphatic rings. The summed E-state index contributed by atoms with van der Waals surface area (Å²) in [5.74, 6) is 0.500. The van der Waals surface area contributed by atoms with Crippen LogP contribution in [0.15, 0.2) is 22.8 Å². The minimum Gasteiger partial charge on any atom is -0.357 e. The van der Waals surface area contributed by atoms with Gasteiger partial charge in [-0.3, -0.25) is 5.10 Å². The van der Waals surface area contributed by atoms with E-state index >= 15 is 0 Å². The Morgan fingerprint density at radius 1 is 1.33 bits per heavy atom. The Bertz CT molecular complexity index is 798. The summed E-state index contributed by atoms with van der Waals surface area (Å²) in [4.78, 5) is 8.55. The van der Waals surface area contributed by atoms with Crippen molar-refractivity contribution in [3.8, 4) is 0 Å². The Labute approximate surface area is 132 Å². The first-order valence-corrected chi connectivity index (χ1v) is 7.06. The summed E-state index contributed by atoms with van der Waals surface area (Å²) in [5, 5.41) is 13.6. The summed E-state index contributed by atoms with van der Waals surface area (Å²) in [6, 6.07) is 2.54. The number of fused-ring (bicyclic) bond motifs is 1. The second-order valence-electron chi connectivity index (χ2n) is 4.15. The smallest absolute Gasteiger partial charge is 0.226 e. The molecule has 3 N–H and O–H groups in total. The third kappa shape index (κ3) is 2.64. The Balaban J connectivity index is 2.11. The summed E-state index contributed by atoms with van der Waals surface area (Å²) in [7, 11) is 1.71. The number of nitrogens with zero attached hydrogens (tertiary/aromatic N) is 3. The summed E-state index contributed by atoms with van der Waals surface area (Å²) in [6.45, 7) is 0. The SMILES string of the molecule is CNc1nc(Nc2c(Cl)cc(F)cc2Br)c2cn[nH]c2n1. The Morgan fingerprint density at radius 2 is 2.14 bits per heavy atom. The molecule has 1 aromatic carbocycles. The lowest BCUT2D eigenvalue weighted by molar-refractivity contribution is 0.627. The van der Waals surface area contributed by atoms with E-state index in [1.807, 2.05) is 0 Å². The Morgan fingerprint density at radius 3 is 2.86 bits per heavy atom. The third-order valence-corrected chi connectivity index (χ3v) is 3.71. The van der Waals surface area contributed by atoms with Gasteiger partial charge in [0, 0.05) is 11.5 Å². The second-order valence-corrected chi connectivity index (χ2v) is 5.41. The molecule has 0 radical (unpaired) electrons. The Hall–Kier alpha value is -1.93. The molecule has 2 aromatic heterocycles. The van der Waals surface area contributed by atoms with Crippen LogP contribution in [0.5, 0.6) is 0 Å². The van der Waals surface area contributed by atoms with Crippen molar-refractivity contribution < 1.29 is 4.39 Å². The first-order chi connectivity index (χ1) is 10.1. The fourth-order valence-corrected chi connectivity index (χ4v) is 2.72. The quantitative estimate of drug-likeness (QED) is 0.654. The largest absolute Gasteiger partial charge is 0.357 e. The van der Waals surface area contributed by atoms with Gasteiger partial charge in [0.1, 0.15) is 11.6 Å². The molecule has 0 saturated heterocycles. The fourth-order valence-electron chi connectivity index (χ4n) is 1.82. The van der Waals surface area contributed by atoms with Gasteiger partial charge in [0.2, 0.25) is 5.95 Å². The number of hydrogen-bond acceptors (Lipinski definition) is 5. The van der Waals surface area contributed by atoms with Gasteiger partial charge in [0.25, 0.3) is 0 Å². The number of aromatic amines is 1. The number of halogens is 3. The van der Waals surface area contributed by atoms with E-state index in [-0.39, 0.29) is 5.02 Å². The fraction of sp³-hybridized carbons (Fsp3) is 0.0833. The van der Waals surface area contributed by atoms with E-state index in [0.717, 1.165) is 0 Å². The number of aromatic nitrogens is 4. The number of H-pyrrole nitrogens is 1. The van der Waals surface area contributed by atoms with E-state index in [9.17, 15) is 4.39 Å². The predicted molar refractivity (Wildman–Crippen MR) is 83.6 cm³/mol. The van der Waals surface area contributed by atoms with Crippen molar-refractivity contribution in [2.75, 3.05) is 17.7 Å². The zero-order chi connectivity index (χ0) is 15.0. The van der Waals surface area contributed by atoms with E-state index in [2.05, 4.69) is 46.7 Å². The highest BCUT2D eigenvalue weighted by Gasteiger charge is 2.13. The van der Waals surface area contributed by atoms with Gasteiger partial charge >= 0.3 is 0 Å². The third-order valence-electron chi connectivity index (χ3n) is 2.78. The number of hydrogen-bond donors (Lipinski definition) is 3. The van der Waals surface area contributed by atoms with Crippen LogP contribution in [0.3, 0.4) is 0 Å². The molecule has 0 aliphatic carbocycles. The molecule has 3 rings (SSSR count). The number of nitrogens with one attached hydrogen (secondary N) is 3. The predicted octanol–water partition coefficient (Wildman–Crippen LogP) is 3.69. The summed E-state index contributed by atoms with van der Waals surface area (Å²) >= 11 is 9.34. The molecule has 0 spiro atoms. The second kappa shape index (κ2) is 5.45. The Kier molecular flexibility index (Phi) is 3.64. The van der Waals surface area contributed by atoms with Crippen LogP contribution in [0.25, 0.3) is 11.0 Å². The molecule has 0 unspecified atom stereocenters. The maximum absolute atomic E-state index is 13.3. The first-order valence-electron chi connectivity index (χ1n) is 5.89. The number of anilines is 3. The molecule has 0 fully saturated rings. The van der Waals surface area contributed by atoms with Crippen LogP contribution in [0.2, 0.25) is 5.02 Å². The molecule has 0 amide bonds. The van der Waals surface area contributed by atoms with Gasteiger partial charge in [-0.25, -0.2) is 4.39 Å². The maximum Gasteiger partial charge on any atom is 0.226 e. The first kappa shape index (κ1) is 14.0. The van der Waals surface area contributed by atoms with Crippen molar-refractivity contribution in [2.24, 2.45) is 0 Å². The lowest BCUT2D eigenvalue weighted by Crippen LogP contribution is -2.02. The van der Waals surface area contributed by atoms with E-state index in [1.165, 1.54) is 12.1 Å². The van der Waals surface area contributed by atoms with Crippen molar-refractivity contribution in [1.29, 1.82) is 0 Å². The van der Waals surface area contributed by atoms with Gasteiger partial charge in [0.05, 0.1) is 22.3 Å². The normalized spacial score (nSPS) is 10.9. The lowest BCUT2D eigenvalue weighted by atomic mass is 10.3. The van der Waals surface area contributed by atoms with Crippen molar-refractivity contribution >= 4 is 56.0 Å². The van der Waals surface area contributed by atoms with Gasteiger partial charge < -0.3 is 10.6 Å². The van der Waals surface area contributed by atoms with Gasteiger partial charge in [-0.2, -0.15) is 15.1 Å². The molecule has 0 aliphatic heterocycles. The van der Waals surface area contributed by atoms with Crippen LogP contribution < -0.4 is 10.6 Å². The molecule has 9 heteroatoms. The van der Waals surface area contributed by atoms with Crippen LogP contribution in [0.4, 0.5) is 21.8 Å². The van der Waals surface area contributed by atoms with E-state index in [0.29, 0.717) is 33.0 Å². The average molecular weight is 372 g/mol. The summed E-state index contributed by atoms with van der Waals surface area (Å²) < 4.78 is 13.8. The van der Waals surface area contributed by atoms with Crippen LogP contribution in [0.1, 0.15) is 0 Å². The molecular weight excluding hydrogens is 363 g/mol. The molecule has 0 atom stereocenters. The van der Waals surface area contributed by atoms with Crippen LogP contribution in [-0.2, 0) is 0 Å². The number of benzene rings is 1. The minimum absolute atomic E-state index is 0.239. The van der Waals surface area contributed by atoms with Crippen molar-refractivity contribution in [1.82, 2.24) is 20.2 Å². The van der Waals surface area contributed by atoms with E-state index in [1.54, 1.807) is 13.2 Å². The van der Waals surface area contributed by atoms with Crippen molar-refractivity contribution in [3.63, 3.8) is 0 Å². The maximum atomic E-state index is 13.3. The lowest BCUT2D eigenvalue weighted by Gasteiger charge is -2.11. The zero-order valence-corrected chi connectivity index (χ0v) is 13.0. The molecule has 2 heterocycles. The average Bonchev–Trinajstić information content (AvgIpc) is 2.90. The van der Waals surface area contributed by atoms with E-state index in [4.69, 9.17) is 11.6 Å². The molecule has 21 heavy (non-hydrogen) atoms. The molecular formula is C12H9BrClFN6. The molecule has 0 saturated carbocycles. The van der Waals surface area contributed by atoms with Gasteiger partial charge in [-0.1, -0.05) is 11.6 Å². The molecule has 108 valence electrons. The molecule has 6 nitrogen and oxygen atoms in total. The monoisotopic (exact) mass is 370 g/mol. The van der Waals surface area contributed by atoms with Crippen LogP contribution >= 0.6 is 27.5 Å². The van der Waals surface area contributed by atoms with E-state index < -0.39 is 5.82 Å². The van der Waals surface area contributed by atoms with Crippen LogP contribution in [0, 0.1) is 5.82 Å². The van der Waals surface area contributed by atoms with Gasteiger partial charge in [-0.05, 0) is 28.1 Å².